The van der Waals surface area contributed by atoms with Gasteiger partial charge in [-0.1, -0.05) is 13.3 Å². The van der Waals surface area contributed by atoms with Crippen LogP contribution in [0.25, 0.3) is 0 Å². The zero-order chi connectivity index (χ0) is 12.1. The van der Waals surface area contributed by atoms with Crippen LogP contribution in [-0.4, -0.2) is 43.3 Å². The molecule has 1 heterocycles. The molecule has 0 radical (unpaired) electrons. The number of likely N-dealkylation sites (tertiary alicyclic amines) is 1. The maximum absolute atomic E-state index is 5.85. The highest BCUT2D eigenvalue weighted by molar-refractivity contribution is 4.86. The summed E-state index contributed by atoms with van der Waals surface area (Å²) in [5, 5.41) is 0. The molecular formula is C14H28N2O. The first-order valence-corrected chi connectivity index (χ1v) is 7.37. The number of hydrogen-bond acceptors (Lipinski definition) is 3. The van der Waals surface area contributed by atoms with Crippen molar-refractivity contribution in [3.05, 3.63) is 0 Å². The summed E-state index contributed by atoms with van der Waals surface area (Å²) >= 11 is 0. The summed E-state index contributed by atoms with van der Waals surface area (Å²) in [7, 11) is 0. The Balaban J connectivity index is 1.67. The number of rotatable bonds is 5. The molecule has 2 unspecified atom stereocenters. The summed E-state index contributed by atoms with van der Waals surface area (Å²) < 4.78 is 5.85. The molecule has 1 saturated heterocycles. The van der Waals surface area contributed by atoms with Gasteiger partial charge in [-0.2, -0.15) is 0 Å². The molecule has 0 aromatic carbocycles. The topological polar surface area (TPSA) is 38.5 Å². The third-order valence-electron chi connectivity index (χ3n) is 4.46. The van der Waals surface area contributed by atoms with Crippen LogP contribution in [0.1, 0.15) is 45.4 Å². The van der Waals surface area contributed by atoms with Crippen LogP contribution in [0.15, 0.2) is 0 Å². The van der Waals surface area contributed by atoms with Gasteiger partial charge in [-0.05, 0) is 44.6 Å². The Morgan fingerprint density at radius 2 is 1.94 bits per heavy atom. The number of hydrogen-bond donors (Lipinski definition) is 1. The molecule has 0 amide bonds. The van der Waals surface area contributed by atoms with Gasteiger partial charge in [0.25, 0.3) is 0 Å². The van der Waals surface area contributed by atoms with Gasteiger partial charge < -0.3 is 10.5 Å². The molecule has 1 saturated carbocycles. The molecular weight excluding hydrogens is 212 g/mol. The van der Waals surface area contributed by atoms with E-state index in [0.717, 1.165) is 31.5 Å². The normalized spacial score (nSPS) is 32.1. The van der Waals surface area contributed by atoms with E-state index in [-0.39, 0.29) is 0 Å². The van der Waals surface area contributed by atoms with Gasteiger partial charge in [0.15, 0.2) is 0 Å². The van der Waals surface area contributed by atoms with Crippen molar-refractivity contribution in [2.75, 3.05) is 26.2 Å². The van der Waals surface area contributed by atoms with Crippen molar-refractivity contribution in [1.82, 2.24) is 4.90 Å². The van der Waals surface area contributed by atoms with Crippen LogP contribution in [-0.2, 0) is 4.74 Å². The van der Waals surface area contributed by atoms with Crippen LogP contribution in [0.2, 0.25) is 0 Å². The minimum atomic E-state index is 0.495. The molecule has 0 aromatic heterocycles. The van der Waals surface area contributed by atoms with Crippen LogP contribution in [0, 0.1) is 5.92 Å². The van der Waals surface area contributed by atoms with E-state index >= 15 is 0 Å². The molecule has 3 nitrogen and oxygen atoms in total. The summed E-state index contributed by atoms with van der Waals surface area (Å²) in [4.78, 5) is 2.71. The molecule has 2 rings (SSSR count). The van der Waals surface area contributed by atoms with Gasteiger partial charge in [0.05, 0.1) is 6.10 Å². The molecule has 2 N–H and O–H groups in total. The van der Waals surface area contributed by atoms with Crippen LogP contribution in [0.5, 0.6) is 0 Å². The Morgan fingerprint density at radius 3 is 2.53 bits per heavy atom. The highest BCUT2D eigenvalue weighted by atomic mass is 16.5. The summed E-state index contributed by atoms with van der Waals surface area (Å²) in [5.74, 6) is 0.907. The van der Waals surface area contributed by atoms with Gasteiger partial charge >= 0.3 is 0 Å². The molecule has 1 aliphatic heterocycles. The molecule has 17 heavy (non-hydrogen) atoms. The quantitative estimate of drug-likeness (QED) is 0.747. The standard InChI is InChI=1S/C14H28N2O/c1-12-4-2-5-14(12)16-9-6-13(7-10-16)17-11-3-8-15/h12-14H,2-11,15H2,1H3. The van der Waals surface area contributed by atoms with Crippen LogP contribution in [0.4, 0.5) is 0 Å². The monoisotopic (exact) mass is 240 g/mol. The first kappa shape index (κ1) is 13.3. The van der Waals surface area contributed by atoms with Gasteiger partial charge in [-0.25, -0.2) is 0 Å². The number of piperidine rings is 1. The Labute approximate surface area is 106 Å². The second kappa shape index (κ2) is 6.72. The fraction of sp³-hybridized carbons (Fsp3) is 1.00. The lowest BCUT2D eigenvalue weighted by Crippen LogP contribution is -2.44. The average Bonchev–Trinajstić information content (AvgIpc) is 2.77. The molecule has 2 atom stereocenters. The van der Waals surface area contributed by atoms with E-state index in [2.05, 4.69) is 11.8 Å². The van der Waals surface area contributed by atoms with Crippen molar-refractivity contribution in [3.8, 4) is 0 Å². The Kier molecular flexibility index (Phi) is 5.26. The van der Waals surface area contributed by atoms with E-state index in [9.17, 15) is 0 Å². The summed E-state index contributed by atoms with van der Waals surface area (Å²) in [6, 6.07) is 0.861. The van der Waals surface area contributed by atoms with Gasteiger partial charge in [0, 0.05) is 25.7 Å². The SMILES string of the molecule is CC1CCCC1N1CCC(OCCCN)CC1. The zero-order valence-electron chi connectivity index (χ0n) is 11.2. The predicted octanol–water partition coefficient (Wildman–Crippen LogP) is 2.00. The fourth-order valence-corrected chi connectivity index (χ4v) is 3.38. The maximum atomic E-state index is 5.85. The third-order valence-corrected chi connectivity index (χ3v) is 4.46. The first-order valence-electron chi connectivity index (χ1n) is 7.37. The minimum Gasteiger partial charge on any atom is -0.378 e. The van der Waals surface area contributed by atoms with E-state index in [0.29, 0.717) is 6.10 Å². The van der Waals surface area contributed by atoms with E-state index in [1.165, 1.54) is 45.2 Å². The molecule has 0 aromatic rings. The van der Waals surface area contributed by atoms with Crippen molar-refractivity contribution in [2.45, 2.75) is 57.6 Å². The van der Waals surface area contributed by atoms with Gasteiger partial charge in [0.1, 0.15) is 0 Å². The van der Waals surface area contributed by atoms with Crippen molar-refractivity contribution >= 4 is 0 Å². The molecule has 1 aliphatic carbocycles. The first-order chi connectivity index (χ1) is 8.31. The number of nitrogens with two attached hydrogens (primary N) is 1. The van der Waals surface area contributed by atoms with Gasteiger partial charge in [-0.15, -0.1) is 0 Å². The molecule has 2 fully saturated rings. The molecule has 2 aliphatic rings. The average molecular weight is 240 g/mol. The lowest BCUT2D eigenvalue weighted by Gasteiger charge is -2.37. The number of nitrogens with zero attached hydrogens (tertiary/aromatic N) is 1. The predicted molar refractivity (Wildman–Crippen MR) is 71.0 cm³/mol. The van der Waals surface area contributed by atoms with Crippen molar-refractivity contribution in [3.63, 3.8) is 0 Å². The van der Waals surface area contributed by atoms with Crippen LogP contribution in [0.3, 0.4) is 0 Å². The van der Waals surface area contributed by atoms with E-state index < -0.39 is 0 Å². The van der Waals surface area contributed by atoms with Gasteiger partial charge in [-0.3, -0.25) is 4.90 Å². The summed E-state index contributed by atoms with van der Waals surface area (Å²) in [6.45, 7) is 6.49. The molecule has 0 spiro atoms. The van der Waals surface area contributed by atoms with Crippen LogP contribution >= 0.6 is 0 Å². The van der Waals surface area contributed by atoms with E-state index in [1.807, 2.05) is 0 Å². The second-order valence-electron chi connectivity index (χ2n) is 5.72. The van der Waals surface area contributed by atoms with Crippen molar-refractivity contribution < 1.29 is 4.74 Å². The minimum absolute atomic E-state index is 0.495. The maximum Gasteiger partial charge on any atom is 0.0599 e. The fourth-order valence-electron chi connectivity index (χ4n) is 3.38. The Morgan fingerprint density at radius 1 is 1.18 bits per heavy atom. The molecule has 3 heteroatoms. The third kappa shape index (κ3) is 3.67. The highest BCUT2D eigenvalue weighted by Gasteiger charge is 2.31. The van der Waals surface area contributed by atoms with E-state index in [1.54, 1.807) is 0 Å². The molecule has 100 valence electrons. The Hall–Kier alpha value is -0.120. The number of ether oxygens (including phenoxy) is 1. The lowest BCUT2D eigenvalue weighted by atomic mass is 10.00. The second-order valence-corrected chi connectivity index (χ2v) is 5.72. The zero-order valence-corrected chi connectivity index (χ0v) is 11.2. The smallest absolute Gasteiger partial charge is 0.0599 e. The lowest BCUT2D eigenvalue weighted by molar-refractivity contribution is -0.00550. The molecule has 0 bridgehead atoms. The highest BCUT2D eigenvalue weighted by Crippen LogP contribution is 2.31. The van der Waals surface area contributed by atoms with Crippen molar-refractivity contribution in [1.29, 1.82) is 0 Å². The van der Waals surface area contributed by atoms with E-state index in [4.69, 9.17) is 10.5 Å². The van der Waals surface area contributed by atoms with Crippen molar-refractivity contribution in [2.24, 2.45) is 11.7 Å². The summed E-state index contributed by atoms with van der Waals surface area (Å²) in [5.41, 5.74) is 5.48. The van der Waals surface area contributed by atoms with Crippen LogP contribution < -0.4 is 5.73 Å². The Bertz CT molecular complexity index is 214. The largest absolute Gasteiger partial charge is 0.378 e. The van der Waals surface area contributed by atoms with Gasteiger partial charge in [0.2, 0.25) is 0 Å². The summed E-state index contributed by atoms with van der Waals surface area (Å²) in [6.07, 6.45) is 8.20.